The number of amides is 1. The van der Waals surface area contributed by atoms with Crippen molar-refractivity contribution in [3.8, 4) is 0 Å². The van der Waals surface area contributed by atoms with Crippen LogP contribution in [0.1, 0.15) is 12.5 Å². The van der Waals surface area contributed by atoms with Crippen LogP contribution in [-0.4, -0.2) is 26.9 Å². The van der Waals surface area contributed by atoms with Crippen molar-refractivity contribution in [2.45, 2.75) is 20.0 Å². The van der Waals surface area contributed by atoms with Crippen molar-refractivity contribution in [3.63, 3.8) is 0 Å². The van der Waals surface area contributed by atoms with Crippen molar-refractivity contribution in [1.29, 1.82) is 0 Å². The molecule has 0 bridgehead atoms. The smallest absolute Gasteiger partial charge is 0.261 e. The van der Waals surface area contributed by atoms with Crippen LogP contribution >= 0.6 is 0 Å². The number of nitrogens with zero attached hydrogens (tertiary/aromatic N) is 3. The Balaban J connectivity index is 1.80. The van der Waals surface area contributed by atoms with Gasteiger partial charge in [-0.25, -0.2) is 9.37 Å². The van der Waals surface area contributed by atoms with Gasteiger partial charge in [0.2, 0.25) is 5.91 Å². The molecule has 25 heavy (non-hydrogen) atoms. The predicted octanol–water partition coefficient (Wildman–Crippen LogP) is 2.58. The zero-order valence-corrected chi connectivity index (χ0v) is 13.9. The van der Waals surface area contributed by atoms with Gasteiger partial charge in [-0.1, -0.05) is 24.3 Å². The molecule has 0 atom stereocenters. The van der Waals surface area contributed by atoms with Crippen molar-refractivity contribution in [2.24, 2.45) is 0 Å². The molecule has 2 aromatic carbocycles. The zero-order chi connectivity index (χ0) is 17.8. The van der Waals surface area contributed by atoms with E-state index in [1.807, 2.05) is 13.0 Å². The number of para-hydroxylation sites is 1. The predicted molar refractivity (Wildman–Crippen MR) is 93.5 cm³/mol. The Bertz CT molecular complexity index is 968. The van der Waals surface area contributed by atoms with Crippen LogP contribution in [0.4, 0.5) is 4.39 Å². The Labute approximate surface area is 144 Å². The molecule has 0 N–H and O–H groups in total. The number of hydrogen-bond acceptors (Lipinski definition) is 3. The van der Waals surface area contributed by atoms with Gasteiger partial charge in [-0.2, -0.15) is 0 Å². The molecule has 128 valence electrons. The van der Waals surface area contributed by atoms with Crippen molar-refractivity contribution in [1.82, 2.24) is 14.5 Å². The molecule has 1 amide bonds. The Morgan fingerprint density at radius 3 is 2.76 bits per heavy atom. The molecule has 0 spiro atoms. The lowest BCUT2D eigenvalue weighted by molar-refractivity contribution is -0.132. The molecule has 0 aliphatic carbocycles. The van der Waals surface area contributed by atoms with Crippen LogP contribution in [-0.2, 0) is 17.9 Å². The maximum atomic E-state index is 13.3. The highest BCUT2D eigenvalue weighted by molar-refractivity contribution is 5.79. The summed E-state index contributed by atoms with van der Waals surface area (Å²) in [4.78, 5) is 30.8. The molecule has 0 radical (unpaired) electrons. The third kappa shape index (κ3) is 3.74. The topological polar surface area (TPSA) is 55.2 Å². The number of hydrogen-bond donors (Lipinski definition) is 0. The van der Waals surface area contributed by atoms with Crippen molar-refractivity contribution in [2.75, 3.05) is 6.54 Å². The first-order valence-electron chi connectivity index (χ1n) is 8.05. The van der Waals surface area contributed by atoms with E-state index in [2.05, 4.69) is 4.98 Å². The van der Waals surface area contributed by atoms with Crippen LogP contribution in [0.2, 0.25) is 0 Å². The molecule has 3 aromatic rings. The largest absolute Gasteiger partial charge is 0.337 e. The highest BCUT2D eigenvalue weighted by Crippen LogP contribution is 2.09. The van der Waals surface area contributed by atoms with Gasteiger partial charge in [0.1, 0.15) is 12.4 Å². The lowest BCUT2D eigenvalue weighted by Gasteiger charge is -2.21. The summed E-state index contributed by atoms with van der Waals surface area (Å²) in [6.07, 6.45) is 1.39. The molecule has 0 aliphatic rings. The molecule has 5 nitrogen and oxygen atoms in total. The fraction of sp³-hybridized carbons (Fsp3) is 0.211. The summed E-state index contributed by atoms with van der Waals surface area (Å²) in [5, 5.41) is 0.478. The van der Waals surface area contributed by atoms with Gasteiger partial charge in [0.25, 0.3) is 5.56 Å². The Hall–Kier alpha value is -3.02. The first-order chi connectivity index (χ1) is 12.1. The van der Waals surface area contributed by atoms with E-state index in [4.69, 9.17) is 0 Å². The van der Waals surface area contributed by atoms with E-state index in [-0.39, 0.29) is 23.8 Å². The SMILES string of the molecule is CCN(Cc1cccc(F)c1)C(=O)Cn1cnc2ccccc2c1=O. The van der Waals surface area contributed by atoms with E-state index in [9.17, 15) is 14.0 Å². The highest BCUT2D eigenvalue weighted by atomic mass is 19.1. The Morgan fingerprint density at radius 2 is 2.00 bits per heavy atom. The van der Waals surface area contributed by atoms with Crippen molar-refractivity contribution in [3.05, 3.63) is 76.6 Å². The van der Waals surface area contributed by atoms with E-state index in [0.29, 0.717) is 29.6 Å². The summed E-state index contributed by atoms with van der Waals surface area (Å²) >= 11 is 0. The number of benzene rings is 2. The standard InChI is InChI=1S/C19H18FN3O2/c1-2-22(11-14-6-5-7-15(20)10-14)18(24)12-23-13-21-17-9-4-3-8-16(17)19(23)25/h3-10,13H,2,11-12H2,1H3. The Morgan fingerprint density at radius 1 is 1.20 bits per heavy atom. The fourth-order valence-electron chi connectivity index (χ4n) is 2.70. The van der Waals surface area contributed by atoms with Gasteiger partial charge >= 0.3 is 0 Å². The van der Waals surface area contributed by atoms with Crippen molar-refractivity contribution >= 4 is 16.8 Å². The van der Waals surface area contributed by atoms with Crippen LogP contribution in [0.5, 0.6) is 0 Å². The normalized spacial score (nSPS) is 10.8. The third-order valence-corrected chi connectivity index (χ3v) is 4.03. The average Bonchev–Trinajstić information content (AvgIpc) is 2.62. The molecule has 1 aromatic heterocycles. The molecular weight excluding hydrogens is 321 g/mol. The van der Waals surface area contributed by atoms with Gasteiger partial charge in [0.05, 0.1) is 17.2 Å². The second kappa shape index (κ2) is 7.25. The summed E-state index contributed by atoms with van der Waals surface area (Å²) in [6.45, 7) is 2.51. The van der Waals surface area contributed by atoms with Gasteiger partial charge in [-0.15, -0.1) is 0 Å². The molecule has 0 saturated carbocycles. The first-order valence-corrected chi connectivity index (χ1v) is 8.05. The number of halogens is 1. The molecule has 0 fully saturated rings. The van der Waals surface area contributed by atoms with Gasteiger partial charge < -0.3 is 4.90 Å². The summed E-state index contributed by atoms with van der Waals surface area (Å²) in [6, 6.07) is 13.2. The third-order valence-electron chi connectivity index (χ3n) is 4.03. The van der Waals surface area contributed by atoms with E-state index in [1.165, 1.54) is 23.0 Å². The first kappa shape index (κ1) is 16.8. The van der Waals surface area contributed by atoms with Gasteiger partial charge in [-0.05, 0) is 36.8 Å². The zero-order valence-electron chi connectivity index (χ0n) is 13.9. The molecule has 0 unspecified atom stereocenters. The number of likely N-dealkylation sites (N-methyl/N-ethyl adjacent to an activating group) is 1. The number of fused-ring (bicyclic) bond motifs is 1. The minimum absolute atomic E-state index is 0.0974. The van der Waals surface area contributed by atoms with E-state index < -0.39 is 0 Å². The molecule has 0 saturated heterocycles. The fourth-order valence-corrected chi connectivity index (χ4v) is 2.70. The minimum Gasteiger partial charge on any atom is -0.337 e. The maximum absolute atomic E-state index is 13.3. The van der Waals surface area contributed by atoms with Crippen LogP contribution in [0.25, 0.3) is 10.9 Å². The van der Waals surface area contributed by atoms with E-state index in [0.717, 1.165) is 0 Å². The molecule has 6 heteroatoms. The van der Waals surface area contributed by atoms with Gasteiger partial charge in [0.15, 0.2) is 0 Å². The summed E-state index contributed by atoms with van der Waals surface area (Å²) in [5.41, 5.74) is 1.06. The summed E-state index contributed by atoms with van der Waals surface area (Å²) in [5.74, 6) is -0.554. The van der Waals surface area contributed by atoms with E-state index in [1.54, 1.807) is 35.2 Å². The number of aromatic nitrogens is 2. The summed E-state index contributed by atoms with van der Waals surface area (Å²) < 4.78 is 14.6. The quantitative estimate of drug-likeness (QED) is 0.718. The lowest BCUT2D eigenvalue weighted by Crippen LogP contribution is -2.36. The van der Waals surface area contributed by atoms with E-state index >= 15 is 0 Å². The van der Waals surface area contributed by atoms with Crippen LogP contribution in [0, 0.1) is 5.82 Å². The Kier molecular flexibility index (Phi) is 4.88. The highest BCUT2D eigenvalue weighted by Gasteiger charge is 2.15. The number of rotatable bonds is 5. The monoisotopic (exact) mass is 339 g/mol. The second-order valence-electron chi connectivity index (χ2n) is 5.73. The van der Waals surface area contributed by atoms with Crippen LogP contribution < -0.4 is 5.56 Å². The molecule has 0 aliphatic heterocycles. The minimum atomic E-state index is -0.337. The number of carbonyl (C=O) groups is 1. The molecular formula is C19H18FN3O2. The second-order valence-corrected chi connectivity index (χ2v) is 5.73. The van der Waals surface area contributed by atoms with Crippen LogP contribution in [0.15, 0.2) is 59.7 Å². The average molecular weight is 339 g/mol. The van der Waals surface area contributed by atoms with Crippen LogP contribution in [0.3, 0.4) is 0 Å². The van der Waals surface area contributed by atoms with Gasteiger partial charge in [-0.3, -0.25) is 14.2 Å². The molecule has 3 rings (SSSR count). The lowest BCUT2D eigenvalue weighted by atomic mass is 10.2. The maximum Gasteiger partial charge on any atom is 0.261 e. The van der Waals surface area contributed by atoms with Gasteiger partial charge in [0, 0.05) is 13.1 Å². The summed E-state index contributed by atoms with van der Waals surface area (Å²) in [7, 11) is 0. The van der Waals surface area contributed by atoms with Crippen molar-refractivity contribution < 1.29 is 9.18 Å². The number of carbonyl (C=O) groups excluding carboxylic acids is 1. The molecule has 1 heterocycles.